The van der Waals surface area contributed by atoms with E-state index in [2.05, 4.69) is 49.2 Å². The molecular formula is C14H14N2S. The number of aromatic nitrogens is 1. The summed E-state index contributed by atoms with van der Waals surface area (Å²) < 4.78 is 0. The molecule has 0 radical (unpaired) electrons. The lowest BCUT2D eigenvalue weighted by Crippen LogP contribution is -1.86. The lowest BCUT2D eigenvalue weighted by Gasteiger charge is -2.05. The Morgan fingerprint density at radius 3 is 2.35 bits per heavy atom. The van der Waals surface area contributed by atoms with E-state index in [-0.39, 0.29) is 0 Å². The van der Waals surface area contributed by atoms with E-state index < -0.39 is 0 Å². The molecule has 1 heterocycles. The third kappa shape index (κ3) is 2.37. The summed E-state index contributed by atoms with van der Waals surface area (Å²) in [5.74, 6) is 0.539. The summed E-state index contributed by atoms with van der Waals surface area (Å²) in [6.45, 7) is 6.23. The van der Waals surface area contributed by atoms with Crippen LogP contribution in [0.25, 0.3) is 10.6 Å². The van der Waals surface area contributed by atoms with Crippen LogP contribution in [0.1, 0.15) is 35.9 Å². The molecule has 1 aromatic heterocycles. The fourth-order valence-corrected chi connectivity index (χ4v) is 2.50. The standard InChI is InChI=1S/C14H14N2S/c1-9(2)11-4-6-12(7-5-11)14-16-10(3)13(8-15)17-14/h4-7,9H,1-3H3. The molecule has 0 bridgehead atoms. The smallest absolute Gasteiger partial charge is 0.128 e. The first-order valence-corrected chi connectivity index (χ1v) is 6.41. The highest BCUT2D eigenvalue weighted by atomic mass is 32.1. The van der Waals surface area contributed by atoms with Gasteiger partial charge in [0.15, 0.2) is 0 Å². The predicted molar refractivity (Wildman–Crippen MR) is 71.1 cm³/mol. The first-order chi connectivity index (χ1) is 8.11. The van der Waals surface area contributed by atoms with Gasteiger partial charge in [-0.25, -0.2) is 4.98 Å². The maximum Gasteiger partial charge on any atom is 0.128 e. The van der Waals surface area contributed by atoms with Crippen molar-refractivity contribution < 1.29 is 0 Å². The summed E-state index contributed by atoms with van der Waals surface area (Å²) in [6, 6.07) is 10.6. The van der Waals surface area contributed by atoms with E-state index in [9.17, 15) is 0 Å². The number of rotatable bonds is 2. The normalized spacial score (nSPS) is 10.5. The second kappa shape index (κ2) is 4.68. The summed E-state index contributed by atoms with van der Waals surface area (Å²) in [5.41, 5.74) is 3.23. The number of benzene rings is 1. The van der Waals surface area contributed by atoms with Crippen LogP contribution in [0.2, 0.25) is 0 Å². The van der Waals surface area contributed by atoms with Crippen LogP contribution in [0.15, 0.2) is 24.3 Å². The predicted octanol–water partition coefficient (Wildman–Crippen LogP) is 4.11. The number of aryl methyl sites for hydroxylation is 1. The molecule has 0 saturated heterocycles. The lowest BCUT2D eigenvalue weighted by molar-refractivity contribution is 0.867. The van der Waals surface area contributed by atoms with Crippen LogP contribution >= 0.6 is 11.3 Å². The summed E-state index contributed by atoms with van der Waals surface area (Å²) >= 11 is 1.45. The molecule has 2 rings (SSSR count). The van der Waals surface area contributed by atoms with Gasteiger partial charge >= 0.3 is 0 Å². The number of hydrogen-bond donors (Lipinski definition) is 0. The molecule has 1 aromatic carbocycles. The van der Waals surface area contributed by atoms with Crippen molar-refractivity contribution in [1.29, 1.82) is 5.26 Å². The SMILES string of the molecule is Cc1nc(-c2ccc(C(C)C)cc2)sc1C#N. The van der Waals surface area contributed by atoms with Crippen molar-refractivity contribution in [2.45, 2.75) is 26.7 Å². The first-order valence-electron chi connectivity index (χ1n) is 5.59. The van der Waals surface area contributed by atoms with Crippen LogP contribution in [-0.2, 0) is 0 Å². The van der Waals surface area contributed by atoms with Crippen LogP contribution in [0, 0.1) is 18.3 Å². The van der Waals surface area contributed by atoms with E-state index in [0.717, 1.165) is 16.3 Å². The van der Waals surface area contributed by atoms with E-state index in [1.165, 1.54) is 16.9 Å². The molecule has 0 aliphatic rings. The number of nitriles is 1. The Morgan fingerprint density at radius 2 is 1.88 bits per heavy atom. The quantitative estimate of drug-likeness (QED) is 0.794. The van der Waals surface area contributed by atoms with Crippen molar-refractivity contribution in [3.8, 4) is 16.6 Å². The molecule has 0 aliphatic carbocycles. The van der Waals surface area contributed by atoms with Gasteiger partial charge in [-0.3, -0.25) is 0 Å². The van der Waals surface area contributed by atoms with E-state index in [1.807, 2.05) is 6.92 Å². The van der Waals surface area contributed by atoms with E-state index in [4.69, 9.17) is 5.26 Å². The van der Waals surface area contributed by atoms with Crippen LogP contribution in [-0.4, -0.2) is 4.98 Å². The Morgan fingerprint density at radius 1 is 1.24 bits per heavy atom. The number of nitrogens with zero attached hydrogens (tertiary/aromatic N) is 2. The first kappa shape index (κ1) is 11.8. The van der Waals surface area contributed by atoms with Crippen molar-refractivity contribution in [1.82, 2.24) is 4.98 Å². The molecule has 86 valence electrons. The minimum absolute atomic E-state index is 0.539. The Labute approximate surface area is 106 Å². The lowest BCUT2D eigenvalue weighted by atomic mass is 10.0. The fourth-order valence-electron chi connectivity index (χ4n) is 1.63. The Balaban J connectivity index is 2.37. The van der Waals surface area contributed by atoms with Crippen molar-refractivity contribution in [3.63, 3.8) is 0 Å². The Hall–Kier alpha value is -1.66. The minimum Gasteiger partial charge on any atom is -0.240 e. The van der Waals surface area contributed by atoms with Crippen LogP contribution in [0.4, 0.5) is 0 Å². The maximum absolute atomic E-state index is 8.92. The summed E-state index contributed by atoms with van der Waals surface area (Å²) in [6.07, 6.45) is 0. The maximum atomic E-state index is 8.92. The molecule has 0 N–H and O–H groups in total. The monoisotopic (exact) mass is 242 g/mol. The Bertz CT molecular complexity index is 559. The van der Waals surface area contributed by atoms with Gasteiger partial charge in [0.25, 0.3) is 0 Å². The second-order valence-corrected chi connectivity index (χ2v) is 5.32. The molecule has 0 fully saturated rings. The van der Waals surface area contributed by atoms with Crippen molar-refractivity contribution in [2.75, 3.05) is 0 Å². The molecule has 17 heavy (non-hydrogen) atoms. The summed E-state index contributed by atoms with van der Waals surface area (Å²) in [7, 11) is 0. The zero-order valence-corrected chi connectivity index (χ0v) is 11.0. The van der Waals surface area contributed by atoms with Gasteiger partial charge in [-0.1, -0.05) is 38.1 Å². The van der Waals surface area contributed by atoms with Gasteiger partial charge in [0.1, 0.15) is 16.0 Å². The molecule has 0 spiro atoms. The number of hydrogen-bond acceptors (Lipinski definition) is 3. The topological polar surface area (TPSA) is 36.7 Å². The highest BCUT2D eigenvalue weighted by Crippen LogP contribution is 2.28. The minimum atomic E-state index is 0.539. The van der Waals surface area contributed by atoms with Gasteiger partial charge < -0.3 is 0 Å². The van der Waals surface area contributed by atoms with Crippen LogP contribution in [0.5, 0.6) is 0 Å². The van der Waals surface area contributed by atoms with Crippen LogP contribution < -0.4 is 0 Å². The van der Waals surface area contributed by atoms with Gasteiger partial charge in [-0.15, -0.1) is 11.3 Å². The zero-order chi connectivity index (χ0) is 12.4. The number of thiazole rings is 1. The van der Waals surface area contributed by atoms with Gasteiger partial charge in [0, 0.05) is 5.56 Å². The van der Waals surface area contributed by atoms with Gasteiger partial charge in [0.05, 0.1) is 5.69 Å². The third-order valence-electron chi connectivity index (χ3n) is 2.72. The van der Waals surface area contributed by atoms with Crippen molar-refractivity contribution >= 4 is 11.3 Å². The average molecular weight is 242 g/mol. The summed E-state index contributed by atoms with van der Waals surface area (Å²) in [4.78, 5) is 5.12. The van der Waals surface area contributed by atoms with E-state index in [1.54, 1.807) is 0 Å². The third-order valence-corrected chi connectivity index (χ3v) is 3.83. The van der Waals surface area contributed by atoms with Gasteiger partial charge in [-0.05, 0) is 18.4 Å². The van der Waals surface area contributed by atoms with E-state index in [0.29, 0.717) is 10.8 Å². The molecule has 0 saturated carbocycles. The van der Waals surface area contributed by atoms with Crippen molar-refractivity contribution in [2.24, 2.45) is 0 Å². The highest BCUT2D eigenvalue weighted by molar-refractivity contribution is 7.15. The zero-order valence-electron chi connectivity index (χ0n) is 10.2. The summed E-state index contributed by atoms with van der Waals surface area (Å²) in [5, 5.41) is 9.84. The highest BCUT2D eigenvalue weighted by Gasteiger charge is 2.09. The molecule has 2 nitrogen and oxygen atoms in total. The van der Waals surface area contributed by atoms with Crippen molar-refractivity contribution in [3.05, 3.63) is 40.4 Å². The van der Waals surface area contributed by atoms with Gasteiger partial charge in [0.2, 0.25) is 0 Å². The fraction of sp³-hybridized carbons (Fsp3) is 0.286. The Kier molecular flexibility index (Phi) is 3.26. The molecule has 0 aliphatic heterocycles. The van der Waals surface area contributed by atoms with Crippen LogP contribution in [0.3, 0.4) is 0 Å². The molecule has 0 amide bonds. The molecule has 0 atom stereocenters. The largest absolute Gasteiger partial charge is 0.240 e. The second-order valence-electron chi connectivity index (χ2n) is 4.32. The van der Waals surface area contributed by atoms with E-state index >= 15 is 0 Å². The molecule has 3 heteroatoms. The molecule has 0 unspecified atom stereocenters. The molecule has 2 aromatic rings. The molecular weight excluding hydrogens is 228 g/mol. The van der Waals surface area contributed by atoms with Gasteiger partial charge in [-0.2, -0.15) is 5.26 Å². The average Bonchev–Trinajstić information content (AvgIpc) is 2.70.